The number of aromatic nitrogens is 2. The molecule has 102 valence electrons. The molecule has 1 amide bonds. The van der Waals surface area contributed by atoms with Crippen molar-refractivity contribution in [1.29, 1.82) is 0 Å². The fourth-order valence-corrected chi connectivity index (χ4v) is 1.70. The molecule has 0 saturated carbocycles. The standard InChI is InChI=1S/C13H23N3O2/c1-10(2)13(17)14-6-5-12-15-9-11(3)16(12)7-8-18-4/h9-10H,5-8H2,1-4H3,(H,14,17). The molecule has 0 bridgehead atoms. The molecule has 0 spiro atoms. The molecule has 1 heterocycles. The summed E-state index contributed by atoms with van der Waals surface area (Å²) in [4.78, 5) is 15.8. The molecule has 0 saturated heterocycles. The molecule has 0 fully saturated rings. The number of aryl methyl sites for hydroxylation is 1. The van der Waals surface area contributed by atoms with Crippen LogP contribution in [0, 0.1) is 12.8 Å². The van der Waals surface area contributed by atoms with Gasteiger partial charge in [-0.1, -0.05) is 13.8 Å². The van der Waals surface area contributed by atoms with Crippen LogP contribution in [0.3, 0.4) is 0 Å². The van der Waals surface area contributed by atoms with Crippen molar-refractivity contribution in [3.05, 3.63) is 17.7 Å². The molecule has 18 heavy (non-hydrogen) atoms. The van der Waals surface area contributed by atoms with Gasteiger partial charge in [0.15, 0.2) is 0 Å². The number of nitrogens with one attached hydrogen (secondary N) is 1. The second-order valence-electron chi connectivity index (χ2n) is 4.66. The molecular weight excluding hydrogens is 230 g/mol. The molecule has 1 N–H and O–H groups in total. The van der Waals surface area contributed by atoms with E-state index in [1.165, 1.54) is 0 Å². The lowest BCUT2D eigenvalue weighted by Crippen LogP contribution is -2.30. The van der Waals surface area contributed by atoms with Gasteiger partial charge in [-0.05, 0) is 6.92 Å². The van der Waals surface area contributed by atoms with Gasteiger partial charge in [0.2, 0.25) is 5.91 Å². The summed E-state index contributed by atoms with van der Waals surface area (Å²) in [6, 6.07) is 0. The number of imidazole rings is 1. The highest BCUT2D eigenvalue weighted by Crippen LogP contribution is 2.05. The van der Waals surface area contributed by atoms with Crippen LogP contribution in [0.2, 0.25) is 0 Å². The second kappa shape index (κ2) is 7.16. The van der Waals surface area contributed by atoms with Crippen LogP contribution < -0.4 is 5.32 Å². The molecule has 1 aromatic rings. The number of rotatable bonds is 7. The summed E-state index contributed by atoms with van der Waals surface area (Å²) in [5, 5.41) is 2.90. The van der Waals surface area contributed by atoms with Crippen LogP contribution in [0.4, 0.5) is 0 Å². The van der Waals surface area contributed by atoms with Crippen LogP contribution >= 0.6 is 0 Å². The number of nitrogens with zero attached hydrogens (tertiary/aromatic N) is 2. The summed E-state index contributed by atoms with van der Waals surface area (Å²) in [7, 11) is 1.69. The van der Waals surface area contributed by atoms with Gasteiger partial charge in [0.25, 0.3) is 0 Å². The Hall–Kier alpha value is -1.36. The van der Waals surface area contributed by atoms with Gasteiger partial charge >= 0.3 is 0 Å². The highest BCUT2D eigenvalue weighted by molar-refractivity contribution is 5.77. The molecule has 0 aliphatic carbocycles. The third kappa shape index (κ3) is 4.14. The van der Waals surface area contributed by atoms with Gasteiger partial charge in [0, 0.05) is 44.4 Å². The Bertz CT molecular complexity index is 386. The molecule has 0 aliphatic rings. The summed E-state index contributed by atoms with van der Waals surface area (Å²) < 4.78 is 7.21. The van der Waals surface area contributed by atoms with E-state index in [-0.39, 0.29) is 11.8 Å². The number of hydrogen-bond donors (Lipinski definition) is 1. The topological polar surface area (TPSA) is 56.1 Å². The Morgan fingerprint density at radius 1 is 1.56 bits per heavy atom. The quantitative estimate of drug-likeness (QED) is 0.793. The maximum Gasteiger partial charge on any atom is 0.222 e. The van der Waals surface area contributed by atoms with Crippen LogP contribution in [0.5, 0.6) is 0 Å². The third-order valence-corrected chi connectivity index (χ3v) is 2.83. The van der Waals surface area contributed by atoms with E-state index in [0.29, 0.717) is 13.2 Å². The van der Waals surface area contributed by atoms with Gasteiger partial charge in [-0.15, -0.1) is 0 Å². The smallest absolute Gasteiger partial charge is 0.222 e. The van der Waals surface area contributed by atoms with E-state index >= 15 is 0 Å². The number of carbonyl (C=O) groups excluding carboxylic acids is 1. The maximum atomic E-state index is 11.4. The van der Waals surface area contributed by atoms with Crippen molar-refractivity contribution in [3.63, 3.8) is 0 Å². The molecular formula is C13H23N3O2. The van der Waals surface area contributed by atoms with E-state index in [0.717, 1.165) is 24.5 Å². The number of carbonyl (C=O) groups is 1. The first-order chi connectivity index (χ1) is 8.56. The van der Waals surface area contributed by atoms with Gasteiger partial charge < -0.3 is 14.6 Å². The Kier molecular flexibility index (Phi) is 5.85. The monoisotopic (exact) mass is 253 g/mol. The van der Waals surface area contributed by atoms with Crippen LogP contribution in [0.15, 0.2) is 6.20 Å². The highest BCUT2D eigenvalue weighted by Gasteiger charge is 2.09. The van der Waals surface area contributed by atoms with Crippen LogP contribution in [-0.2, 0) is 22.5 Å². The van der Waals surface area contributed by atoms with Crippen molar-refractivity contribution in [2.24, 2.45) is 5.92 Å². The molecule has 5 nitrogen and oxygen atoms in total. The number of hydrogen-bond acceptors (Lipinski definition) is 3. The lowest BCUT2D eigenvalue weighted by atomic mass is 10.2. The van der Waals surface area contributed by atoms with Crippen LogP contribution in [0.1, 0.15) is 25.4 Å². The second-order valence-corrected chi connectivity index (χ2v) is 4.66. The first-order valence-corrected chi connectivity index (χ1v) is 6.34. The van der Waals surface area contributed by atoms with Crippen molar-refractivity contribution in [2.75, 3.05) is 20.3 Å². The summed E-state index contributed by atoms with van der Waals surface area (Å²) in [6.45, 7) is 7.90. The lowest BCUT2D eigenvalue weighted by Gasteiger charge is -2.11. The van der Waals surface area contributed by atoms with E-state index in [4.69, 9.17) is 4.74 Å². The average Bonchev–Trinajstić information content (AvgIpc) is 2.67. The summed E-state index contributed by atoms with van der Waals surface area (Å²) in [5.41, 5.74) is 1.12. The van der Waals surface area contributed by atoms with Gasteiger partial charge in [-0.2, -0.15) is 0 Å². The van der Waals surface area contributed by atoms with Crippen molar-refractivity contribution in [1.82, 2.24) is 14.9 Å². The van der Waals surface area contributed by atoms with Crippen LogP contribution in [-0.4, -0.2) is 35.7 Å². The van der Waals surface area contributed by atoms with Gasteiger partial charge in [-0.3, -0.25) is 4.79 Å². The summed E-state index contributed by atoms with van der Waals surface area (Å²) >= 11 is 0. The van der Waals surface area contributed by atoms with Crippen molar-refractivity contribution < 1.29 is 9.53 Å². The zero-order valence-electron chi connectivity index (χ0n) is 11.7. The Morgan fingerprint density at radius 2 is 2.28 bits per heavy atom. The number of ether oxygens (including phenoxy) is 1. The molecule has 1 rings (SSSR count). The average molecular weight is 253 g/mol. The first kappa shape index (κ1) is 14.7. The van der Waals surface area contributed by atoms with E-state index in [2.05, 4.69) is 14.9 Å². The summed E-state index contributed by atoms with van der Waals surface area (Å²) in [5.74, 6) is 1.11. The van der Waals surface area contributed by atoms with Gasteiger partial charge in [0.05, 0.1) is 6.61 Å². The Labute approximate surface area is 109 Å². The van der Waals surface area contributed by atoms with Crippen molar-refractivity contribution >= 4 is 5.91 Å². The zero-order chi connectivity index (χ0) is 13.5. The molecule has 1 aromatic heterocycles. The van der Waals surface area contributed by atoms with Gasteiger partial charge in [0.1, 0.15) is 5.82 Å². The lowest BCUT2D eigenvalue weighted by molar-refractivity contribution is -0.123. The van der Waals surface area contributed by atoms with E-state index in [1.807, 2.05) is 27.0 Å². The highest BCUT2D eigenvalue weighted by atomic mass is 16.5. The Balaban J connectivity index is 2.49. The minimum Gasteiger partial charge on any atom is -0.383 e. The molecule has 0 aromatic carbocycles. The maximum absolute atomic E-state index is 11.4. The number of methoxy groups -OCH3 is 1. The van der Waals surface area contributed by atoms with E-state index in [9.17, 15) is 4.79 Å². The molecule has 0 unspecified atom stereocenters. The van der Waals surface area contributed by atoms with E-state index < -0.39 is 0 Å². The van der Waals surface area contributed by atoms with Gasteiger partial charge in [-0.25, -0.2) is 4.98 Å². The number of amides is 1. The fraction of sp³-hybridized carbons (Fsp3) is 0.692. The predicted octanol–water partition coefficient (Wildman–Crippen LogP) is 1.15. The zero-order valence-corrected chi connectivity index (χ0v) is 11.7. The minimum atomic E-state index is 0.0278. The molecule has 0 radical (unpaired) electrons. The molecule has 0 aliphatic heterocycles. The van der Waals surface area contributed by atoms with Crippen LogP contribution in [0.25, 0.3) is 0 Å². The largest absolute Gasteiger partial charge is 0.383 e. The van der Waals surface area contributed by atoms with Crippen molar-refractivity contribution in [2.45, 2.75) is 33.7 Å². The minimum absolute atomic E-state index is 0.0278. The fourth-order valence-electron chi connectivity index (χ4n) is 1.70. The molecule has 0 atom stereocenters. The molecule has 5 heteroatoms. The van der Waals surface area contributed by atoms with Crippen molar-refractivity contribution in [3.8, 4) is 0 Å². The third-order valence-electron chi connectivity index (χ3n) is 2.83. The van der Waals surface area contributed by atoms with E-state index in [1.54, 1.807) is 7.11 Å². The Morgan fingerprint density at radius 3 is 2.89 bits per heavy atom. The predicted molar refractivity (Wildman–Crippen MR) is 70.4 cm³/mol. The normalized spacial score (nSPS) is 10.9. The summed E-state index contributed by atoms with van der Waals surface area (Å²) in [6.07, 6.45) is 2.60. The SMILES string of the molecule is COCCn1c(C)cnc1CCNC(=O)C(C)C. The first-order valence-electron chi connectivity index (χ1n) is 6.34.